The first-order valence-corrected chi connectivity index (χ1v) is 33.3. The van der Waals surface area contributed by atoms with Crippen molar-refractivity contribution in [2.45, 2.75) is 358 Å². The third-order valence-electron chi connectivity index (χ3n) is 15.7. The van der Waals surface area contributed by atoms with Crippen LogP contribution in [0.1, 0.15) is 316 Å². The smallest absolute Gasteiger partial charge is 0.305 e. The summed E-state index contributed by atoms with van der Waals surface area (Å²) in [4.78, 5) is 25.1. The molecule has 1 aliphatic rings. The normalized spacial score (nSPS) is 18.7. The highest BCUT2D eigenvalue weighted by Gasteiger charge is 2.44. The Morgan fingerprint density at radius 3 is 1.31 bits per heavy atom. The number of rotatable bonds is 58. The molecule has 0 aromatic heterocycles. The van der Waals surface area contributed by atoms with Crippen LogP contribution >= 0.6 is 0 Å². The van der Waals surface area contributed by atoms with Gasteiger partial charge in [0, 0.05) is 12.8 Å². The van der Waals surface area contributed by atoms with Gasteiger partial charge >= 0.3 is 5.97 Å². The van der Waals surface area contributed by atoms with Crippen molar-refractivity contribution in [1.29, 1.82) is 0 Å². The summed E-state index contributed by atoms with van der Waals surface area (Å²) >= 11 is 0. The van der Waals surface area contributed by atoms with E-state index in [4.69, 9.17) is 14.2 Å². The molecule has 11 nitrogen and oxygen atoms in total. The van der Waals surface area contributed by atoms with Crippen LogP contribution in [0, 0.1) is 0 Å². The van der Waals surface area contributed by atoms with Crippen molar-refractivity contribution in [1.82, 2.24) is 5.32 Å². The lowest BCUT2D eigenvalue weighted by atomic mass is 9.99. The van der Waals surface area contributed by atoms with Crippen LogP contribution in [0.3, 0.4) is 0 Å². The lowest BCUT2D eigenvalue weighted by molar-refractivity contribution is -0.302. The first-order chi connectivity index (χ1) is 38.2. The number of esters is 1. The van der Waals surface area contributed by atoms with Gasteiger partial charge < -0.3 is 45.1 Å². The van der Waals surface area contributed by atoms with Gasteiger partial charge in [0.05, 0.1) is 32.0 Å². The molecule has 7 unspecified atom stereocenters. The predicted molar refractivity (Wildman–Crippen MR) is 324 cm³/mol. The largest absolute Gasteiger partial charge is 0.466 e. The number of ether oxygens (including phenoxy) is 3. The van der Waals surface area contributed by atoms with Gasteiger partial charge in [-0.15, -0.1) is 0 Å². The zero-order valence-corrected chi connectivity index (χ0v) is 50.6. The summed E-state index contributed by atoms with van der Waals surface area (Å²) in [5.41, 5.74) is 0. The van der Waals surface area contributed by atoms with Crippen molar-refractivity contribution in [2.75, 3.05) is 19.8 Å². The number of amides is 1. The van der Waals surface area contributed by atoms with E-state index in [0.29, 0.717) is 19.4 Å². The number of carbonyl (C=O) groups excluding carboxylic acids is 2. The van der Waals surface area contributed by atoms with E-state index < -0.39 is 49.5 Å². The highest BCUT2D eigenvalue weighted by Crippen LogP contribution is 2.23. The van der Waals surface area contributed by atoms with Crippen LogP contribution in [0.15, 0.2) is 36.5 Å². The van der Waals surface area contributed by atoms with Crippen molar-refractivity contribution < 1.29 is 49.3 Å². The molecule has 0 aromatic carbocycles. The van der Waals surface area contributed by atoms with Crippen LogP contribution in [0.4, 0.5) is 0 Å². The second-order valence-corrected chi connectivity index (χ2v) is 23.2. The van der Waals surface area contributed by atoms with Crippen LogP contribution < -0.4 is 5.32 Å². The number of aliphatic hydroxyl groups excluding tert-OH is 5. The second-order valence-electron chi connectivity index (χ2n) is 23.2. The summed E-state index contributed by atoms with van der Waals surface area (Å²) < 4.78 is 16.7. The molecule has 11 heteroatoms. The third-order valence-corrected chi connectivity index (χ3v) is 15.7. The molecule has 458 valence electrons. The molecule has 0 bridgehead atoms. The highest BCUT2D eigenvalue weighted by atomic mass is 16.7. The zero-order chi connectivity index (χ0) is 56.6. The Labute approximate surface area is 479 Å². The summed E-state index contributed by atoms with van der Waals surface area (Å²) in [7, 11) is 0. The Morgan fingerprint density at radius 2 is 0.859 bits per heavy atom. The molecule has 1 aliphatic heterocycles. The Kier molecular flexibility index (Phi) is 53.7. The number of nitrogens with one attached hydrogen (secondary N) is 1. The van der Waals surface area contributed by atoms with Gasteiger partial charge in [-0.25, -0.2) is 0 Å². The Morgan fingerprint density at radius 1 is 0.474 bits per heavy atom. The fourth-order valence-electron chi connectivity index (χ4n) is 10.5. The first kappa shape index (κ1) is 73.9. The Balaban J connectivity index is 1.94. The standard InChI is InChI=1S/C67H125NO10/c1-3-5-7-9-11-13-14-15-16-17-26-29-32-35-39-43-47-51-55-63(72)76-56-52-48-44-40-36-33-30-27-24-22-20-18-19-21-23-25-28-31-34-38-42-46-50-54-62(71)68-59(60(70)53-49-45-41-37-12-10-8-6-4-2)58-77-67-66(75)65(74)64(73)61(57-69)78-67/h13-14,16-17,49,53,59-61,64-67,69-70,73-75H,3-12,15,18-48,50-52,54-58H2,1-2H3,(H,68,71)/b14-13-,17-16-,53-49+. The molecule has 1 rings (SSSR count). The van der Waals surface area contributed by atoms with Crippen LogP contribution in [-0.2, 0) is 23.8 Å². The van der Waals surface area contributed by atoms with E-state index in [-0.39, 0.29) is 18.5 Å². The number of hydrogen-bond donors (Lipinski definition) is 6. The van der Waals surface area contributed by atoms with E-state index in [2.05, 4.69) is 43.5 Å². The maximum absolute atomic E-state index is 13.0. The summed E-state index contributed by atoms with van der Waals surface area (Å²) in [6.07, 6.45) is 61.3. The molecule has 0 saturated carbocycles. The Hall–Kier alpha value is -2.12. The molecular weight excluding hydrogens is 979 g/mol. The van der Waals surface area contributed by atoms with E-state index in [0.717, 1.165) is 64.2 Å². The summed E-state index contributed by atoms with van der Waals surface area (Å²) in [5, 5.41) is 54.3. The number of unbranched alkanes of at least 4 members (excludes halogenated alkanes) is 40. The highest BCUT2D eigenvalue weighted by molar-refractivity contribution is 5.76. The summed E-state index contributed by atoms with van der Waals surface area (Å²) in [6.45, 7) is 4.31. The quantitative estimate of drug-likeness (QED) is 0.0195. The van der Waals surface area contributed by atoms with Gasteiger partial charge in [0.25, 0.3) is 0 Å². The SMILES string of the molecule is CCCCCC/C=C\C/C=C\CCCCCCCCCC(=O)OCCCCCCCCCCCCCCCCCCCCCCCCCC(=O)NC(COC1OC(CO)C(O)C(O)C1O)C(O)/C=C/CCCCCCCCC. The van der Waals surface area contributed by atoms with Crippen LogP contribution in [0.25, 0.3) is 0 Å². The van der Waals surface area contributed by atoms with E-state index in [1.54, 1.807) is 6.08 Å². The number of hydrogen-bond acceptors (Lipinski definition) is 10. The maximum Gasteiger partial charge on any atom is 0.305 e. The van der Waals surface area contributed by atoms with Gasteiger partial charge in [0.2, 0.25) is 5.91 Å². The number of carbonyl (C=O) groups is 2. The van der Waals surface area contributed by atoms with Crippen LogP contribution in [0.2, 0.25) is 0 Å². The molecule has 6 N–H and O–H groups in total. The summed E-state index contributed by atoms with van der Waals surface area (Å²) in [5.74, 6) is -0.187. The third kappa shape index (κ3) is 45.5. The molecule has 0 spiro atoms. The summed E-state index contributed by atoms with van der Waals surface area (Å²) in [6, 6.07) is -0.808. The van der Waals surface area contributed by atoms with E-state index >= 15 is 0 Å². The average Bonchev–Trinajstić information content (AvgIpc) is 3.44. The minimum atomic E-state index is -1.57. The monoisotopic (exact) mass is 1100 g/mol. The topological polar surface area (TPSA) is 175 Å². The zero-order valence-electron chi connectivity index (χ0n) is 50.6. The molecule has 7 atom stereocenters. The average molecular weight is 1100 g/mol. The fourth-order valence-corrected chi connectivity index (χ4v) is 10.5. The molecule has 0 aliphatic carbocycles. The minimum Gasteiger partial charge on any atom is -0.466 e. The van der Waals surface area contributed by atoms with Crippen molar-refractivity contribution in [3.8, 4) is 0 Å². The van der Waals surface area contributed by atoms with Gasteiger partial charge in [-0.3, -0.25) is 9.59 Å². The minimum absolute atomic E-state index is 0.00461. The lowest BCUT2D eigenvalue weighted by Gasteiger charge is -2.40. The number of allylic oxidation sites excluding steroid dienone is 5. The number of aliphatic hydroxyl groups is 5. The van der Waals surface area contributed by atoms with Gasteiger partial charge in [0.15, 0.2) is 6.29 Å². The van der Waals surface area contributed by atoms with E-state index in [1.807, 2.05) is 6.08 Å². The van der Waals surface area contributed by atoms with Gasteiger partial charge in [-0.1, -0.05) is 275 Å². The molecule has 1 heterocycles. The van der Waals surface area contributed by atoms with Gasteiger partial charge in [-0.05, 0) is 64.2 Å². The fraction of sp³-hybridized carbons (Fsp3) is 0.881. The van der Waals surface area contributed by atoms with E-state index in [9.17, 15) is 35.1 Å². The molecule has 1 fully saturated rings. The van der Waals surface area contributed by atoms with Gasteiger partial charge in [-0.2, -0.15) is 0 Å². The van der Waals surface area contributed by atoms with Crippen LogP contribution in [0.5, 0.6) is 0 Å². The molecular formula is C67H125NO10. The first-order valence-electron chi connectivity index (χ1n) is 33.3. The molecule has 0 aromatic rings. The second kappa shape index (κ2) is 56.7. The van der Waals surface area contributed by atoms with Gasteiger partial charge in [0.1, 0.15) is 24.4 Å². The molecule has 0 radical (unpaired) electrons. The van der Waals surface area contributed by atoms with Crippen molar-refractivity contribution >= 4 is 11.9 Å². The Bertz CT molecular complexity index is 1390. The van der Waals surface area contributed by atoms with Crippen molar-refractivity contribution in [2.24, 2.45) is 0 Å². The molecule has 1 amide bonds. The van der Waals surface area contributed by atoms with Crippen molar-refractivity contribution in [3.63, 3.8) is 0 Å². The molecule has 1 saturated heterocycles. The molecule has 78 heavy (non-hydrogen) atoms. The predicted octanol–water partition coefficient (Wildman–Crippen LogP) is 16.2. The maximum atomic E-state index is 13.0. The lowest BCUT2D eigenvalue weighted by Crippen LogP contribution is -2.60. The van der Waals surface area contributed by atoms with Crippen LogP contribution in [-0.4, -0.2) is 100 Å². The van der Waals surface area contributed by atoms with E-state index in [1.165, 1.54) is 225 Å². The van der Waals surface area contributed by atoms with Crippen molar-refractivity contribution in [3.05, 3.63) is 36.5 Å².